The maximum Gasteiger partial charge on any atom is 0.240 e. The first-order chi connectivity index (χ1) is 10.3. The van der Waals surface area contributed by atoms with Gasteiger partial charge >= 0.3 is 0 Å². The second kappa shape index (κ2) is 6.56. The van der Waals surface area contributed by atoms with E-state index in [1.807, 2.05) is 13.8 Å². The van der Waals surface area contributed by atoms with Crippen molar-refractivity contribution in [2.24, 2.45) is 11.7 Å². The summed E-state index contributed by atoms with van der Waals surface area (Å²) in [7, 11) is -1.96. The summed E-state index contributed by atoms with van der Waals surface area (Å²) in [5.74, 6) is 1.37. The molecule has 0 amide bonds. The summed E-state index contributed by atoms with van der Waals surface area (Å²) in [6, 6.07) is 3.40. The van der Waals surface area contributed by atoms with Crippen LogP contribution in [0.2, 0.25) is 0 Å². The molecule has 1 saturated carbocycles. The third-order valence-corrected chi connectivity index (χ3v) is 5.74. The lowest BCUT2D eigenvalue weighted by atomic mass is 10.0. The molecule has 2 rings (SSSR count). The molecular formula is C16H26N2O3S. The van der Waals surface area contributed by atoms with E-state index in [4.69, 9.17) is 10.5 Å². The fourth-order valence-electron chi connectivity index (χ4n) is 2.57. The van der Waals surface area contributed by atoms with Crippen molar-refractivity contribution in [3.63, 3.8) is 0 Å². The highest BCUT2D eigenvalue weighted by atomic mass is 32.2. The molecule has 0 aliphatic heterocycles. The number of sulfonamides is 1. The van der Waals surface area contributed by atoms with Crippen LogP contribution >= 0.6 is 0 Å². The van der Waals surface area contributed by atoms with Crippen LogP contribution in [0.3, 0.4) is 0 Å². The average molecular weight is 326 g/mol. The molecule has 0 bridgehead atoms. The van der Waals surface area contributed by atoms with Gasteiger partial charge in [-0.25, -0.2) is 13.1 Å². The largest absolute Gasteiger partial charge is 0.496 e. The Balaban J connectivity index is 2.27. The van der Waals surface area contributed by atoms with Crippen LogP contribution in [0, 0.1) is 12.8 Å². The van der Waals surface area contributed by atoms with Crippen molar-refractivity contribution in [1.29, 1.82) is 0 Å². The molecule has 1 aliphatic rings. The Labute approximate surface area is 133 Å². The Morgan fingerprint density at radius 2 is 2.00 bits per heavy atom. The number of methoxy groups -OCH3 is 1. The van der Waals surface area contributed by atoms with Crippen molar-refractivity contribution >= 4 is 10.0 Å². The zero-order valence-electron chi connectivity index (χ0n) is 13.7. The molecule has 1 aromatic rings. The van der Waals surface area contributed by atoms with Crippen molar-refractivity contribution in [3.05, 3.63) is 23.3 Å². The van der Waals surface area contributed by atoms with Crippen molar-refractivity contribution < 1.29 is 13.2 Å². The highest BCUT2D eigenvalue weighted by Gasteiger charge is 2.30. The number of hydrogen-bond acceptors (Lipinski definition) is 4. The zero-order valence-corrected chi connectivity index (χ0v) is 14.5. The minimum Gasteiger partial charge on any atom is -0.496 e. The molecule has 0 saturated heterocycles. The number of nitrogens with one attached hydrogen (secondary N) is 1. The standard InChI is InChI=1S/C16H26N2O3S/c1-10(2)13-8-16(11(3)7-15(13)21-4)22(19,20)18-9-14(17)12-5-6-12/h7-8,10,12,14,18H,5-6,9,17H2,1-4H3. The molecule has 1 unspecified atom stereocenters. The van der Waals surface area contributed by atoms with E-state index >= 15 is 0 Å². The lowest BCUT2D eigenvalue weighted by Gasteiger charge is -2.17. The van der Waals surface area contributed by atoms with Gasteiger partial charge < -0.3 is 10.5 Å². The van der Waals surface area contributed by atoms with Gasteiger partial charge in [0.15, 0.2) is 0 Å². The topological polar surface area (TPSA) is 81.4 Å². The molecule has 1 atom stereocenters. The highest BCUT2D eigenvalue weighted by molar-refractivity contribution is 7.89. The van der Waals surface area contributed by atoms with Crippen LogP contribution in [0.5, 0.6) is 5.75 Å². The van der Waals surface area contributed by atoms with E-state index in [1.165, 1.54) is 0 Å². The first kappa shape index (κ1) is 17.2. The molecule has 1 aliphatic carbocycles. The predicted molar refractivity (Wildman–Crippen MR) is 87.7 cm³/mol. The number of benzene rings is 1. The van der Waals surface area contributed by atoms with Gasteiger partial charge in [-0.05, 0) is 54.9 Å². The highest BCUT2D eigenvalue weighted by Crippen LogP contribution is 2.33. The van der Waals surface area contributed by atoms with Gasteiger partial charge in [0.25, 0.3) is 0 Å². The van der Waals surface area contributed by atoms with E-state index in [0.717, 1.165) is 24.2 Å². The van der Waals surface area contributed by atoms with Crippen LogP contribution in [0.25, 0.3) is 0 Å². The van der Waals surface area contributed by atoms with E-state index in [9.17, 15) is 8.42 Å². The van der Waals surface area contributed by atoms with Crippen molar-refractivity contribution in [3.8, 4) is 5.75 Å². The fraction of sp³-hybridized carbons (Fsp3) is 0.625. The molecule has 0 heterocycles. The Hall–Kier alpha value is -1.11. The minimum absolute atomic E-state index is 0.0992. The maximum absolute atomic E-state index is 12.6. The molecule has 0 aromatic heterocycles. The van der Waals surface area contributed by atoms with Crippen LogP contribution in [0.15, 0.2) is 17.0 Å². The van der Waals surface area contributed by atoms with Gasteiger partial charge in [0, 0.05) is 12.6 Å². The van der Waals surface area contributed by atoms with Gasteiger partial charge in [-0.3, -0.25) is 0 Å². The van der Waals surface area contributed by atoms with Crippen LogP contribution in [-0.4, -0.2) is 28.1 Å². The Bertz CT molecular complexity index is 637. The summed E-state index contributed by atoms with van der Waals surface area (Å²) < 4.78 is 33.1. The molecule has 124 valence electrons. The molecule has 0 spiro atoms. The molecular weight excluding hydrogens is 300 g/mol. The normalized spacial score (nSPS) is 16.8. The lowest BCUT2D eigenvalue weighted by Crippen LogP contribution is -2.38. The monoisotopic (exact) mass is 326 g/mol. The number of nitrogens with two attached hydrogens (primary N) is 1. The van der Waals surface area contributed by atoms with Crippen molar-refractivity contribution in [2.45, 2.75) is 50.5 Å². The number of ether oxygens (including phenoxy) is 1. The molecule has 0 radical (unpaired) electrons. The fourth-order valence-corrected chi connectivity index (χ4v) is 3.90. The van der Waals surface area contributed by atoms with E-state index in [2.05, 4.69) is 4.72 Å². The van der Waals surface area contributed by atoms with Gasteiger partial charge in [0.05, 0.1) is 12.0 Å². The summed E-state index contributed by atoms with van der Waals surface area (Å²) in [5, 5.41) is 0. The zero-order chi connectivity index (χ0) is 16.5. The SMILES string of the molecule is COc1cc(C)c(S(=O)(=O)NCC(N)C2CC2)cc1C(C)C. The smallest absolute Gasteiger partial charge is 0.240 e. The number of hydrogen-bond donors (Lipinski definition) is 2. The van der Waals surface area contributed by atoms with Crippen LogP contribution in [-0.2, 0) is 10.0 Å². The average Bonchev–Trinajstić information content (AvgIpc) is 3.28. The maximum atomic E-state index is 12.6. The summed E-state index contributed by atoms with van der Waals surface area (Å²) in [5.41, 5.74) is 7.54. The van der Waals surface area contributed by atoms with E-state index in [0.29, 0.717) is 16.4 Å². The predicted octanol–water partition coefficient (Wildman–Crippen LogP) is 2.14. The first-order valence-corrected chi connectivity index (χ1v) is 9.18. The molecule has 1 aromatic carbocycles. The third kappa shape index (κ3) is 3.80. The van der Waals surface area contributed by atoms with Gasteiger partial charge in [0.2, 0.25) is 10.0 Å². The van der Waals surface area contributed by atoms with E-state index in [1.54, 1.807) is 26.2 Å². The van der Waals surface area contributed by atoms with E-state index < -0.39 is 10.0 Å². The van der Waals surface area contributed by atoms with Crippen molar-refractivity contribution in [1.82, 2.24) is 4.72 Å². The van der Waals surface area contributed by atoms with Crippen LogP contribution in [0.1, 0.15) is 43.7 Å². The van der Waals surface area contributed by atoms with Gasteiger partial charge in [0.1, 0.15) is 5.75 Å². The summed E-state index contributed by atoms with van der Waals surface area (Å²) in [6.07, 6.45) is 2.20. The summed E-state index contributed by atoms with van der Waals surface area (Å²) in [4.78, 5) is 0.306. The van der Waals surface area contributed by atoms with E-state index in [-0.39, 0.29) is 18.5 Å². The molecule has 1 fully saturated rings. The number of aryl methyl sites for hydroxylation is 1. The molecule has 22 heavy (non-hydrogen) atoms. The van der Waals surface area contributed by atoms with Gasteiger partial charge in [-0.2, -0.15) is 0 Å². The quantitative estimate of drug-likeness (QED) is 0.804. The Morgan fingerprint density at radius 1 is 1.36 bits per heavy atom. The molecule has 6 heteroatoms. The van der Waals surface area contributed by atoms with Crippen molar-refractivity contribution in [2.75, 3.05) is 13.7 Å². The summed E-state index contributed by atoms with van der Waals surface area (Å²) >= 11 is 0. The van der Waals surface area contributed by atoms with Gasteiger partial charge in [-0.1, -0.05) is 13.8 Å². The van der Waals surface area contributed by atoms with Gasteiger partial charge in [-0.15, -0.1) is 0 Å². The van der Waals surface area contributed by atoms with Crippen LogP contribution in [0.4, 0.5) is 0 Å². The Morgan fingerprint density at radius 3 is 2.50 bits per heavy atom. The number of rotatable bonds is 7. The Kier molecular flexibility index (Phi) is 5.14. The third-order valence-electron chi connectivity index (χ3n) is 4.18. The second-order valence-electron chi connectivity index (χ2n) is 6.37. The first-order valence-electron chi connectivity index (χ1n) is 7.70. The van der Waals surface area contributed by atoms with Crippen LogP contribution < -0.4 is 15.2 Å². The lowest BCUT2D eigenvalue weighted by molar-refractivity contribution is 0.406. The molecule has 3 N–H and O–H groups in total. The summed E-state index contributed by atoms with van der Waals surface area (Å²) in [6.45, 7) is 6.09. The minimum atomic E-state index is -3.56. The molecule has 5 nitrogen and oxygen atoms in total. The second-order valence-corrected chi connectivity index (χ2v) is 8.10.